The van der Waals surface area contributed by atoms with Crippen molar-refractivity contribution in [2.24, 2.45) is 5.41 Å². The van der Waals surface area contributed by atoms with Gasteiger partial charge in [-0.15, -0.1) is 5.10 Å². The second-order valence-electron chi connectivity index (χ2n) is 12.2. The topological polar surface area (TPSA) is 142 Å². The standard InChI is InChI=1S/C31H35N7O4/c1-31(2,3)28-14-22(6-9-37(28)30(39)40)38-18-26(35-36-38)21-13-24-25(17-34-29(24)33-16-21)19-4-5-27(20(12-19)15-32)42-23-7-10-41-11-8-23/h4-5,12-13,16-18,22-23,28H,6-11,14H2,1-3H3,(H,33,34)(H,39,40). The molecule has 4 aromatic rings. The van der Waals surface area contributed by atoms with E-state index in [1.807, 2.05) is 41.3 Å². The number of hydrogen-bond acceptors (Lipinski definition) is 7. The second-order valence-corrected chi connectivity index (χ2v) is 12.2. The zero-order valence-electron chi connectivity index (χ0n) is 24.1. The van der Waals surface area contributed by atoms with E-state index in [4.69, 9.17) is 9.47 Å². The Morgan fingerprint density at radius 2 is 2.00 bits per heavy atom. The van der Waals surface area contributed by atoms with Gasteiger partial charge >= 0.3 is 6.09 Å². The van der Waals surface area contributed by atoms with Crippen LogP contribution in [0.25, 0.3) is 33.4 Å². The third-order valence-electron chi connectivity index (χ3n) is 8.40. The maximum Gasteiger partial charge on any atom is 0.407 e. The first kappa shape index (κ1) is 27.7. The molecule has 2 aliphatic rings. The summed E-state index contributed by atoms with van der Waals surface area (Å²) in [4.78, 5) is 21.3. The average molecular weight is 570 g/mol. The lowest BCUT2D eigenvalue weighted by Crippen LogP contribution is -2.51. The number of fused-ring (bicyclic) bond motifs is 1. The van der Waals surface area contributed by atoms with Gasteiger partial charge in [-0.25, -0.2) is 14.5 Å². The Labute approximate surface area is 244 Å². The summed E-state index contributed by atoms with van der Waals surface area (Å²) in [7, 11) is 0. The minimum absolute atomic E-state index is 0.0500. The molecule has 6 rings (SSSR count). The van der Waals surface area contributed by atoms with Crippen molar-refractivity contribution in [2.45, 2.75) is 64.6 Å². The molecule has 2 fully saturated rings. The molecule has 0 spiro atoms. The van der Waals surface area contributed by atoms with E-state index >= 15 is 0 Å². The SMILES string of the molecule is CC(C)(C)C1CC(n2cc(-c3cnc4[nH]cc(-c5ccc(OC6CCOCC6)c(C#N)c5)c4c3)nn2)CCN1C(=O)O. The summed E-state index contributed by atoms with van der Waals surface area (Å²) in [6, 6.07) is 9.95. The van der Waals surface area contributed by atoms with Gasteiger partial charge in [-0.1, -0.05) is 32.1 Å². The maximum absolute atomic E-state index is 11.8. The average Bonchev–Trinajstić information content (AvgIpc) is 3.65. The summed E-state index contributed by atoms with van der Waals surface area (Å²) in [6.07, 6.45) is 7.74. The van der Waals surface area contributed by atoms with Crippen molar-refractivity contribution in [2.75, 3.05) is 19.8 Å². The molecule has 2 saturated heterocycles. The summed E-state index contributed by atoms with van der Waals surface area (Å²) < 4.78 is 13.4. The molecular formula is C31H35N7O4. The van der Waals surface area contributed by atoms with Crippen LogP contribution in [-0.2, 0) is 4.74 Å². The first-order valence-corrected chi connectivity index (χ1v) is 14.4. The van der Waals surface area contributed by atoms with Crippen molar-refractivity contribution < 1.29 is 19.4 Å². The number of ether oxygens (including phenoxy) is 2. The van der Waals surface area contributed by atoms with Crippen molar-refractivity contribution in [3.8, 4) is 34.2 Å². The summed E-state index contributed by atoms with van der Waals surface area (Å²) in [6.45, 7) is 8.02. The molecule has 42 heavy (non-hydrogen) atoms. The van der Waals surface area contributed by atoms with Gasteiger partial charge in [0.05, 0.1) is 31.0 Å². The van der Waals surface area contributed by atoms with E-state index in [2.05, 4.69) is 47.1 Å². The Bertz CT molecular complexity index is 1640. The number of amides is 1. The first-order chi connectivity index (χ1) is 20.2. The summed E-state index contributed by atoms with van der Waals surface area (Å²) in [5.74, 6) is 0.589. The number of nitrogens with one attached hydrogen (secondary N) is 1. The molecule has 11 nitrogen and oxygen atoms in total. The van der Waals surface area contributed by atoms with Crippen LogP contribution in [0.15, 0.2) is 42.9 Å². The van der Waals surface area contributed by atoms with Crippen LogP contribution in [0.2, 0.25) is 0 Å². The Morgan fingerprint density at radius 1 is 1.19 bits per heavy atom. The predicted molar refractivity (Wildman–Crippen MR) is 156 cm³/mol. The highest BCUT2D eigenvalue weighted by Crippen LogP contribution is 2.37. The van der Waals surface area contributed by atoms with E-state index in [0.717, 1.165) is 40.6 Å². The molecule has 1 amide bonds. The number of rotatable bonds is 5. The van der Waals surface area contributed by atoms with Crippen molar-refractivity contribution in [1.29, 1.82) is 5.26 Å². The minimum Gasteiger partial charge on any atom is -0.489 e. The quantitative estimate of drug-likeness (QED) is 0.314. The van der Waals surface area contributed by atoms with Gasteiger partial charge < -0.3 is 24.5 Å². The van der Waals surface area contributed by atoms with Crippen LogP contribution in [0.1, 0.15) is 58.1 Å². The van der Waals surface area contributed by atoms with E-state index in [0.29, 0.717) is 49.6 Å². The fourth-order valence-corrected chi connectivity index (χ4v) is 6.07. The summed E-state index contributed by atoms with van der Waals surface area (Å²) in [5, 5.41) is 29.4. The van der Waals surface area contributed by atoms with Crippen LogP contribution >= 0.6 is 0 Å². The lowest BCUT2D eigenvalue weighted by Gasteiger charge is -2.44. The van der Waals surface area contributed by atoms with Crippen molar-refractivity contribution in [3.05, 3.63) is 48.4 Å². The van der Waals surface area contributed by atoms with Crippen molar-refractivity contribution in [1.82, 2.24) is 29.9 Å². The fraction of sp³-hybridized carbons (Fsp3) is 0.452. The van der Waals surface area contributed by atoms with Crippen LogP contribution < -0.4 is 4.74 Å². The Kier molecular flexibility index (Phi) is 7.33. The molecule has 2 N–H and O–H groups in total. The molecule has 2 atom stereocenters. The van der Waals surface area contributed by atoms with E-state index in [1.165, 1.54) is 0 Å². The number of likely N-dealkylation sites (tertiary alicyclic amines) is 1. The highest BCUT2D eigenvalue weighted by molar-refractivity contribution is 5.95. The number of hydrogen-bond donors (Lipinski definition) is 2. The van der Waals surface area contributed by atoms with Crippen LogP contribution in [0.3, 0.4) is 0 Å². The molecule has 3 aromatic heterocycles. The number of carbonyl (C=O) groups is 1. The van der Waals surface area contributed by atoms with E-state index < -0.39 is 6.09 Å². The van der Waals surface area contributed by atoms with Gasteiger partial charge in [0.15, 0.2) is 0 Å². The summed E-state index contributed by atoms with van der Waals surface area (Å²) in [5.41, 5.74) is 4.36. The van der Waals surface area contributed by atoms with Crippen LogP contribution in [0, 0.1) is 16.7 Å². The summed E-state index contributed by atoms with van der Waals surface area (Å²) >= 11 is 0. The molecular weight excluding hydrogens is 534 g/mol. The van der Waals surface area contributed by atoms with E-state index in [9.17, 15) is 15.2 Å². The van der Waals surface area contributed by atoms with Crippen LogP contribution in [0.4, 0.5) is 4.79 Å². The number of nitriles is 1. The van der Waals surface area contributed by atoms with E-state index in [1.54, 1.807) is 11.1 Å². The van der Waals surface area contributed by atoms with Crippen molar-refractivity contribution in [3.63, 3.8) is 0 Å². The zero-order valence-corrected chi connectivity index (χ0v) is 24.1. The lowest BCUT2D eigenvalue weighted by molar-refractivity contribution is 0.0254. The molecule has 0 radical (unpaired) electrons. The van der Waals surface area contributed by atoms with Gasteiger partial charge in [0, 0.05) is 54.3 Å². The highest BCUT2D eigenvalue weighted by Gasteiger charge is 2.39. The third kappa shape index (κ3) is 5.42. The molecule has 1 aromatic carbocycles. The maximum atomic E-state index is 11.8. The van der Waals surface area contributed by atoms with Crippen LogP contribution in [-0.4, -0.2) is 73.0 Å². The molecule has 0 bridgehead atoms. The van der Waals surface area contributed by atoms with Gasteiger partial charge in [-0.3, -0.25) is 0 Å². The number of pyridine rings is 1. The Morgan fingerprint density at radius 3 is 2.74 bits per heavy atom. The molecule has 218 valence electrons. The molecule has 2 aliphatic heterocycles. The molecule has 0 saturated carbocycles. The van der Waals surface area contributed by atoms with E-state index in [-0.39, 0.29) is 23.6 Å². The smallest absolute Gasteiger partial charge is 0.407 e. The lowest BCUT2D eigenvalue weighted by atomic mass is 9.79. The molecule has 0 aliphatic carbocycles. The molecule has 11 heteroatoms. The number of aromatic amines is 1. The molecule has 5 heterocycles. The normalized spacial score (nSPS) is 20.0. The number of H-pyrrole nitrogens is 1. The Balaban J connectivity index is 1.25. The van der Waals surface area contributed by atoms with Gasteiger partial charge in [-0.05, 0) is 42.0 Å². The molecule has 2 unspecified atom stereocenters. The number of aromatic nitrogens is 5. The second kappa shape index (κ2) is 11.1. The predicted octanol–water partition coefficient (Wildman–Crippen LogP) is 5.65. The first-order valence-electron chi connectivity index (χ1n) is 14.4. The fourth-order valence-electron chi connectivity index (χ4n) is 6.07. The zero-order chi connectivity index (χ0) is 29.4. The largest absolute Gasteiger partial charge is 0.489 e. The third-order valence-corrected chi connectivity index (χ3v) is 8.40. The van der Waals surface area contributed by atoms with Crippen LogP contribution in [0.5, 0.6) is 5.75 Å². The van der Waals surface area contributed by atoms with Gasteiger partial charge in [-0.2, -0.15) is 5.26 Å². The van der Waals surface area contributed by atoms with Gasteiger partial charge in [0.2, 0.25) is 0 Å². The van der Waals surface area contributed by atoms with Gasteiger partial charge in [0.25, 0.3) is 0 Å². The minimum atomic E-state index is -0.877. The number of carboxylic acid groups (broad SMARTS) is 1. The Hall–Kier alpha value is -4.43. The number of benzene rings is 1. The van der Waals surface area contributed by atoms with Crippen molar-refractivity contribution >= 4 is 17.1 Å². The number of piperidine rings is 1. The van der Waals surface area contributed by atoms with Gasteiger partial charge in [0.1, 0.15) is 29.3 Å². The highest BCUT2D eigenvalue weighted by atomic mass is 16.5. The number of nitrogens with zero attached hydrogens (tertiary/aromatic N) is 6. The monoisotopic (exact) mass is 569 g/mol.